The third kappa shape index (κ3) is 3.82. The average molecular weight is 239 g/mol. The van der Waals surface area contributed by atoms with Gasteiger partial charge in [-0.2, -0.15) is 5.10 Å². The fraction of sp³-hybridized carbons (Fsp3) is 0.769. The number of aliphatic hydroxyl groups is 1. The first-order valence-electron chi connectivity index (χ1n) is 6.44. The largest absolute Gasteiger partial charge is 0.396 e. The highest BCUT2D eigenvalue weighted by molar-refractivity contribution is 5.24. The molecule has 17 heavy (non-hydrogen) atoms. The van der Waals surface area contributed by atoms with Crippen LogP contribution in [0.2, 0.25) is 0 Å². The second-order valence-electron chi connectivity index (χ2n) is 4.80. The summed E-state index contributed by atoms with van der Waals surface area (Å²) < 4.78 is 2.01. The number of aryl methyl sites for hydroxylation is 1. The van der Waals surface area contributed by atoms with Gasteiger partial charge in [0, 0.05) is 31.0 Å². The van der Waals surface area contributed by atoms with E-state index in [2.05, 4.69) is 31.2 Å². The number of nitrogens with zero attached hydrogens (tertiary/aromatic N) is 2. The van der Waals surface area contributed by atoms with E-state index in [4.69, 9.17) is 5.11 Å². The van der Waals surface area contributed by atoms with Crippen LogP contribution in [0.5, 0.6) is 0 Å². The molecular weight excluding hydrogens is 214 g/mol. The monoisotopic (exact) mass is 239 g/mol. The van der Waals surface area contributed by atoms with Crippen LogP contribution in [0.15, 0.2) is 0 Å². The molecule has 0 aliphatic heterocycles. The topological polar surface area (TPSA) is 50.1 Å². The van der Waals surface area contributed by atoms with Crippen LogP contribution in [0.4, 0.5) is 0 Å². The van der Waals surface area contributed by atoms with Crippen molar-refractivity contribution < 1.29 is 5.11 Å². The molecular formula is C13H25N3O. The van der Waals surface area contributed by atoms with Gasteiger partial charge in [0.25, 0.3) is 0 Å². The van der Waals surface area contributed by atoms with Crippen LogP contribution < -0.4 is 5.32 Å². The average Bonchev–Trinajstić information content (AvgIpc) is 2.56. The number of nitrogens with one attached hydrogen (secondary N) is 1. The summed E-state index contributed by atoms with van der Waals surface area (Å²) in [6.45, 7) is 11.3. The molecule has 1 unspecified atom stereocenters. The van der Waals surface area contributed by atoms with E-state index in [0.29, 0.717) is 0 Å². The fourth-order valence-electron chi connectivity index (χ4n) is 1.91. The summed E-state index contributed by atoms with van der Waals surface area (Å²) in [5, 5.41) is 17.0. The lowest BCUT2D eigenvalue weighted by Gasteiger charge is -2.10. The summed E-state index contributed by atoms with van der Waals surface area (Å²) in [7, 11) is 0. The molecule has 1 aromatic heterocycles. The molecule has 0 amide bonds. The summed E-state index contributed by atoms with van der Waals surface area (Å²) in [4.78, 5) is 0. The van der Waals surface area contributed by atoms with Crippen molar-refractivity contribution in [1.29, 1.82) is 0 Å². The third-order valence-corrected chi connectivity index (χ3v) is 3.06. The zero-order valence-electron chi connectivity index (χ0n) is 11.5. The molecule has 1 heterocycles. The van der Waals surface area contributed by atoms with Crippen LogP contribution in [-0.2, 0) is 13.1 Å². The van der Waals surface area contributed by atoms with Gasteiger partial charge in [0.05, 0.1) is 5.69 Å². The first-order valence-corrected chi connectivity index (χ1v) is 6.44. The predicted octanol–water partition coefficient (Wildman–Crippen LogP) is 1.63. The molecule has 0 radical (unpaired) electrons. The first kappa shape index (κ1) is 14.2. The second-order valence-corrected chi connectivity index (χ2v) is 4.80. The van der Waals surface area contributed by atoms with Gasteiger partial charge in [0.2, 0.25) is 0 Å². The highest BCUT2D eigenvalue weighted by Gasteiger charge is 2.12. The Morgan fingerprint density at radius 3 is 2.71 bits per heavy atom. The lowest BCUT2D eigenvalue weighted by molar-refractivity contribution is 0.218. The summed E-state index contributed by atoms with van der Waals surface area (Å²) in [6, 6.07) is 0. The first-order chi connectivity index (χ1) is 8.10. The number of rotatable bonds is 7. The van der Waals surface area contributed by atoms with E-state index in [1.54, 1.807) is 0 Å². The quantitative estimate of drug-likeness (QED) is 0.711. The predicted molar refractivity (Wildman–Crippen MR) is 69.9 cm³/mol. The molecule has 0 fully saturated rings. The van der Waals surface area contributed by atoms with E-state index in [1.165, 1.54) is 11.3 Å². The second kappa shape index (κ2) is 6.77. The zero-order chi connectivity index (χ0) is 12.8. The maximum absolute atomic E-state index is 9.08. The summed E-state index contributed by atoms with van der Waals surface area (Å²) in [5.74, 6) is 0.254. The van der Waals surface area contributed by atoms with E-state index in [0.717, 1.165) is 31.7 Å². The van der Waals surface area contributed by atoms with Crippen molar-refractivity contribution in [3.05, 3.63) is 17.0 Å². The van der Waals surface area contributed by atoms with Crippen LogP contribution >= 0.6 is 0 Å². The minimum Gasteiger partial charge on any atom is -0.396 e. The van der Waals surface area contributed by atoms with Gasteiger partial charge in [0.1, 0.15) is 0 Å². The number of hydrogen-bond donors (Lipinski definition) is 2. The molecule has 2 N–H and O–H groups in total. The van der Waals surface area contributed by atoms with Crippen molar-refractivity contribution in [1.82, 2.24) is 15.1 Å². The van der Waals surface area contributed by atoms with E-state index in [9.17, 15) is 0 Å². The maximum atomic E-state index is 9.08. The standard InChI is InChI=1S/C13H25N3O/c1-5-6-14-7-13-11(3)15-16(12(13)4)8-10(2)9-17/h10,14,17H,5-9H2,1-4H3. The van der Waals surface area contributed by atoms with E-state index >= 15 is 0 Å². The Morgan fingerprint density at radius 2 is 2.12 bits per heavy atom. The molecule has 4 nitrogen and oxygen atoms in total. The van der Waals surface area contributed by atoms with Crippen LogP contribution in [0, 0.1) is 19.8 Å². The molecule has 0 bridgehead atoms. The zero-order valence-corrected chi connectivity index (χ0v) is 11.5. The molecule has 0 saturated heterocycles. The van der Waals surface area contributed by atoms with Crippen molar-refractivity contribution >= 4 is 0 Å². The van der Waals surface area contributed by atoms with Crippen LogP contribution in [0.25, 0.3) is 0 Å². The van der Waals surface area contributed by atoms with Crippen molar-refractivity contribution in [2.75, 3.05) is 13.2 Å². The molecule has 0 aliphatic carbocycles. The number of aliphatic hydroxyl groups excluding tert-OH is 1. The maximum Gasteiger partial charge on any atom is 0.0641 e. The molecule has 1 rings (SSSR count). The van der Waals surface area contributed by atoms with Gasteiger partial charge in [-0.05, 0) is 32.7 Å². The van der Waals surface area contributed by atoms with Crippen LogP contribution in [0.3, 0.4) is 0 Å². The molecule has 0 spiro atoms. The van der Waals surface area contributed by atoms with Gasteiger partial charge >= 0.3 is 0 Å². The summed E-state index contributed by atoms with van der Waals surface area (Å²) in [5.41, 5.74) is 3.60. The Balaban J connectivity index is 2.71. The molecule has 0 aliphatic rings. The van der Waals surface area contributed by atoms with E-state index in [-0.39, 0.29) is 12.5 Å². The van der Waals surface area contributed by atoms with Gasteiger partial charge in [-0.1, -0.05) is 13.8 Å². The molecule has 1 aromatic rings. The lowest BCUT2D eigenvalue weighted by Crippen LogP contribution is -2.16. The van der Waals surface area contributed by atoms with Crippen molar-refractivity contribution in [3.8, 4) is 0 Å². The number of aromatic nitrogens is 2. The number of hydrogen-bond acceptors (Lipinski definition) is 3. The highest BCUT2D eigenvalue weighted by atomic mass is 16.3. The summed E-state index contributed by atoms with van der Waals surface area (Å²) >= 11 is 0. The third-order valence-electron chi connectivity index (χ3n) is 3.06. The molecule has 1 atom stereocenters. The van der Waals surface area contributed by atoms with Crippen molar-refractivity contribution in [2.24, 2.45) is 5.92 Å². The minimum absolute atomic E-state index is 0.210. The Labute approximate surface area is 104 Å². The van der Waals surface area contributed by atoms with Crippen molar-refractivity contribution in [2.45, 2.75) is 47.2 Å². The molecule has 4 heteroatoms. The summed E-state index contributed by atoms with van der Waals surface area (Å²) in [6.07, 6.45) is 1.15. The Morgan fingerprint density at radius 1 is 1.41 bits per heavy atom. The van der Waals surface area contributed by atoms with Gasteiger partial charge in [0.15, 0.2) is 0 Å². The van der Waals surface area contributed by atoms with Gasteiger partial charge in [-0.15, -0.1) is 0 Å². The SMILES string of the molecule is CCCNCc1c(C)nn(CC(C)CO)c1C. The van der Waals surface area contributed by atoms with Gasteiger partial charge in [-0.25, -0.2) is 0 Å². The van der Waals surface area contributed by atoms with E-state index in [1.807, 2.05) is 11.6 Å². The highest BCUT2D eigenvalue weighted by Crippen LogP contribution is 2.14. The smallest absolute Gasteiger partial charge is 0.0641 e. The molecule has 0 saturated carbocycles. The molecule has 98 valence electrons. The fourth-order valence-corrected chi connectivity index (χ4v) is 1.91. The lowest BCUT2D eigenvalue weighted by atomic mass is 10.1. The van der Waals surface area contributed by atoms with Gasteiger partial charge in [-0.3, -0.25) is 4.68 Å². The Hall–Kier alpha value is -0.870. The Bertz CT molecular complexity index is 347. The minimum atomic E-state index is 0.210. The normalized spacial score (nSPS) is 13.0. The van der Waals surface area contributed by atoms with Crippen LogP contribution in [0.1, 0.15) is 37.2 Å². The van der Waals surface area contributed by atoms with Crippen molar-refractivity contribution in [3.63, 3.8) is 0 Å². The Kier molecular flexibility index (Phi) is 5.65. The van der Waals surface area contributed by atoms with E-state index < -0.39 is 0 Å². The van der Waals surface area contributed by atoms with Gasteiger partial charge < -0.3 is 10.4 Å². The van der Waals surface area contributed by atoms with Crippen LogP contribution in [-0.4, -0.2) is 28.0 Å². The molecule has 0 aromatic carbocycles.